The van der Waals surface area contributed by atoms with Crippen LogP contribution in [0.4, 0.5) is 0 Å². The summed E-state index contributed by atoms with van der Waals surface area (Å²) in [5.41, 5.74) is 0.771. The molecule has 0 unspecified atom stereocenters. The van der Waals surface area contributed by atoms with Gasteiger partial charge in [0.25, 0.3) is 0 Å². The van der Waals surface area contributed by atoms with Crippen LogP contribution in [0.15, 0.2) is 24.3 Å². The van der Waals surface area contributed by atoms with Gasteiger partial charge in [-0.3, -0.25) is 4.79 Å². The highest BCUT2D eigenvalue weighted by Gasteiger charge is 2.18. The molecule has 3 heteroatoms. The van der Waals surface area contributed by atoms with Gasteiger partial charge >= 0.3 is 0 Å². The van der Waals surface area contributed by atoms with Crippen molar-refractivity contribution in [2.75, 3.05) is 19.6 Å². The molecule has 0 bridgehead atoms. The van der Waals surface area contributed by atoms with Crippen molar-refractivity contribution in [2.24, 2.45) is 5.92 Å². The molecule has 19 heavy (non-hydrogen) atoms. The third kappa shape index (κ3) is 4.32. The molecule has 1 saturated heterocycles. The first-order valence-electron chi connectivity index (χ1n) is 7.20. The Morgan fingerprint density at radius 2 is 1.89 bits per heavy atom. The molecule has 1 aliphatic rings. The Labute approximate surface area is 120 Å². The predicted molar refractivity (Wildman–Crippen MR) is 79.9 cm³/mol. The lowest BCUT2D eigenvalue weighted by Gasteiger charge is -2.31. The first kappa shape index (κ1) is 14.5. The quantitative estimate of drug-likeness (QED) is 0.759. The van der Waals surface area contributed by atoms with Crippen LogP contribution in [0.5, 0.6) is 0 Å². The molecule has 0 N–H and O–H groups in total. The summed E-state index contributed by atoms with van der Waals surface area (Å²) in [5, 5.41) is 0.679. The van der Waals surface area contributed by atoms with Crippen LogP contribution >= 0.6 is 11.6 Å². The number of carbonyl (C=O) groups is 1. The van der Waals surface area contributed by atoms with Crippen LogP contribution in [0.2, 0.25) is 5.02 Å². The third-order valence-electron chi connectivity index (χ3n) is 4.11. The van der Waals surface area contributed by atoms with E-state index in [9.17, 15) is 4.79 Å². The van der Waals surface area contributed by atoms with Crippen molar-refractivity contribution in [3.8, 4) is 0 Å². The van der Waals surface area contributed by atoms with Crippen molar-refractivity contribution in [2.45, 2.75) is 32.6 Å². The Morgan fingerprint density at radius 1 is 1.26 bits per heavy atom. The van der Waals surface area contributed by atoms with Gasteiger partial charge in [-0.05, 0) is 56.1 Å². The highest BCUT2D eigenvalue weighted by atomic mass is 35.5. The molecule has 104 valence electrons. The highest BCUT2D eigenvalue weighted by Crippen LogP contribution is 2.20. The van der Waals surface area contributed by atoms with E-state index in [0.29, 0.717) is 11.4 Å². The minimum Gasteiger partial charge on any atom is -0.303 e. The number of Topliss-reactive ketones (excluding diaryl/α,β-unsaturated/α-hetero) is 1. The summed E-state index contributed by atoms with van der Waals surface area (Å²) < 4.78 is 0. The van der Waals surface area contributed by atoms with Gasteiger partial charge in [-0.1, -0.05) is 24.9 Å². The SMILES string of the molecule is CCC1CCN(CCC(=O)c2ccc(Cl)cc2)CC1. The molecule has 0 saturated carbocycles. The van der Waals surface area contributed by atoms with Crippen molar-refractivity contribution >= 4 is 17.4 Å². The zero-order chi connectivity index (χ0) is 13.7. The fourth-order valence-electron chi connectivity index (χ4n) is 2.66. The van der Waals surface area contributed by atoms with Crippen LogP contribution in [0.1, 0.15) is 43.0 Å². The van der Waals surface area contributed by atoms with Gasteiger partial charge in [0.05, 0.1) is 0 Å². The summed E-state index contributed by atoms with van der Waals surface area (Å²) in [7, 11) is 0. The first-order chi connectivity index (χ1) is 9.19. The van der Waals surface area contributed by atoms with Crippen molar-refractivity contribution in [3.05, 3.63) is 34.9 Å². The number of hydrogen-bond donors (Lipinski definition) is 0. The highest BCUT2D eigenvalue weighted by molar-refractivity contribution is 6.30. The average Bonchev–Trinajstić information content (AvgIpc) is 2.46. The fourth-order valence-corrected chi connectivity index (χ4v) is 2.78. The van der Waals surface area contributed by atoms with Crippen molar-refractivity contribution in [1.82, 2.24) is 4.90 Å². The molecule has 0 aromatic heterocycles. The number of carbonyl (C=O) groups excluding carboxylic acids is 1. The van der Waals surface area contributed by atoms with Crippen LogP contribution in [-0.4, -0.2) is 30.3 Å². The molecule has 1 fully saturated rings. The lowest BCUT2D eigenvalue weighted by atomic mass is 9.94. The number of rotatable bonds is 5. The molecule has 0 amide bonds. The summed E-state index contributed by atoms with van der Waals surface area (Å²) >= 11 is 5.82. The smallest absolute Gasteiger partial charge is 0.164 e. The minimum absolute atomic E-state index is 0.217. The maximum atomic E-state index is 12.0. The van der Waals surface area contributed by atoms with E-state index in [1.54, 1.807) is 12.1 Å². The van der Waals surface area contributed by atoms with E-state index in [0.717, 1.165) is 31.1 Å². The zero-order valence-corrected chi connectivity index (χ0v) is 12.3. The Hall–Kier alpha value is -0.860. The van der Waals surface area contributed by atoms with Crippen LogP contribution in [0.3, 0.4) is 0 Å². The number of likely N-dealkylation sites (tertiary alicyclic amines) is 1. The molecular formula is C16H22ClNO. The van der Waals surface area contributed by atoms with E-state index in [1.807, 2.05) is 12.1 Å². The van der Waals surface area contributed by atoms with Gasteiger partial charge in [0.2, 0.25) is 0 Å². The van der Waals surface area contributed by atoms with E-state index in [2.05, 4.69) is 11.8 Å². The van der Waals surface area contributed by atoms with Gasteiger partial charge in [0.15, 0.2) is 5.78 Å². The molecular weight excluding hydrogens is 258 g/mol. The average molecular weight is 280 g/mol. The molecule has 0 radical (unpaired) electrons. The summed E-state index contributed by atoms with van der Waals surface area (Å²) in [4.78, 5) is 14.5. The Kier molecular flexibility index (Phi) is 5.41. The van der Waals surface area contributed by atoms with Gasteiger partial charge in [-0.25, -0.2) is 0 Å². The van der Waals surface area contributed by atoms with Crippen LogP contribution in [-0.2, 0) is 0 Å². The topological polar surface area (TPSA) is 20.3 Å². The van der Waals surface area contributed by atoms with Gasteiger partial charge < -0.3 is 4.90 Å². The van der Waals surface area contributed by atoms with Gasteiger partial charge in [0.1, 0.15) is 0 Å². The number of nitrogens with zero attached hydrogens (tertiary/aromatic N) is 1. The molecule has 1 aromatic rings. The van der Waals surface area contributed by atoms with E-state index >= 15 is 0 Å². The summed E-state index contributed by atoms with van der Waals surface area (Å²) in [6.07, 6.45) is 4.47. The Bertz CT molecular complexity index is 407. The van der Waals surface area contributed by atoms with E-state index in [-0.39, 0.29) is 5.78 Å². The lowest BCUT2D eigenvalue weighted by molar-refractivity contribution is 0.0950. The maximum absolute atomic E-state index is 12.0. The Morgan fingerprint density at radius 3 is 2.47 bits per heavy atom. The number of ketones is 1. The van der Waals surface area contributed by atoms with Gasteiger partial charge in [-0.2, -0.15) is 0 Å². The van der Waals surface area contributed by atoms with Crippen molar-refractivity contribution in [1.29, 1.82) is 0 Å². The molecule has 2 rings (SSSR count). The zero-order valence-electron chi connectivity index (χ0n) is 11.6. The van der Waals surface area contributed by atoms with Crippen molar-refractivity contribution in [3.63, 3.8) is 0 Å². The third-order valence-corrected chi connectivity index (χ3v) is 4.36. The molecule has 2 nitrogen and oxygen atoms in total. The number of halogens is 1. The van der Waals surface area contributed by atoms with Crippen LogP contribution in [0.25, 0.3) is 0 Å². The van der Waals surface area contributed by atoms with E-state index < -0.39 is 0 Å². The van der Waals surface area contributed by atoms with Gasteiger partial charge in [-0.15, -0.1) is 0 Å². The van der Waals surface area contributed by atoms with E-state index in [1.165, 1.54) is 19.3 Å². The van der Waals surface area contributed by atoms with E-state index in [4.69, 9.17) is 11.6 Å². The van der Waals surface area contributed by atoms with Crippen LogP contribution in [0, 0.1) is 5.92 Å². The summed E-state index contributed by atoms with van der Waals surface area (Å²) in [5.74, 6) is 1.11. The largest absolute Gasteiger partial charge is 0.303 e. The Balaban J connectivity index is 1.76. The molecule has 1 aliphatic heterocycles. The first-order valence-corrected chi connectivity index (χ1v) is 7.58. The summed E-state index contributed by atoms with van der Waals surface area (Å²) in [6.45, 7) is 5.45. The number of piperidine rings is 1. The minimum atomic E-state index is 0.217. The lowest BCUT2D eigenvalue weighted by Crippen LogP contribution is -2.35. The molecule has 0 aliphatic carbocycles. The van der Waals surface area contributed by atoms with Gasteiger partial charge in [0, 0.05) is 23.6 Å². The second-order valence-corrected chi connectivity index (χ2v) is 5.81. The maximum Gasteiger partial charge on any atom is 0.164 e. The van der Waals surface area contributed by atoms with Crippen molar-refractivity contribution < 1.29 is 4.79 Å². The summed E-state index contributed by atoms with van der Waals surface area (Å²) in [6, 6.07) is 7.19. The molecule has 0 spiro atoms. The second-order valence-electron chi connectivity index (χ2n) is 5.37. The predicted octanol–water partition coefficient (Wildman–Crippen LogP) is 4.03. The second kappa shape index (κ2) is 7.06. The number of benzene rings is 1. The standard InChI is InChI=1S/C16H22ClNO/c1-2-13-7-10-18(11-8-13)12-9-16(19)14-3-5-15(17)6-4-14/h3-6,13H,2,7-12H2,1H3. The fraction of sp³-hybridized carbons (Fsp3) is 0.562. The molecule has 0 atom stereocenters. The molecule has 1 heterocycles. The monoisotopic (exact) mass is 279 g/mol. The number of hydrogen-bond acceptors (Lipinski definition) is 2. The normalized spacial score (nSPS) is 17.6. The van der Waals surface area contributed by atoms with Crippen LogP contribution < -0.4 is 0 Å². The molecule has 1 aromatic carbocycles.